The zero-order valence-corrected chi connectivity index (χ0v) is 15.2. The van der Waals surface area contributed by atoms with Gasteiger partial charge in [-0.2, -0.15) is 0 Å². The number of hydrogen-bond acceptors (Lipinski definition) is 8. The van der Waals surface area contributed by atoms with Crippen molar-refractivity contribution in [3.63, 3.8) is 0 Å². The molecular weight excluding hydrogens is 376 g/mol. The van der Waals surface area contributed by atoms with Crippen LogP contribution in [0, 0.1) is 0 Å². The molecule has 2 N–H and O–H groups in total. The summed E-state index contributed by atoms with van der Waals surface area (Å²) in [5.74, 6) is 3.11. The molecule has 3 aromatic rings. The highest BCUT2D eigenvalue weighted by atomic mass is 16.7. The molecule has 146 valence electrons. The second-order valence-corrected chi connectivity index (χ2v) is 6.31. The molecule has 0 saturated heterocycles. The lowest BCUT2D eigenvalue weighted by atomic mass is 10.2. The van der Waals surface area contributed by atoms with E-state index in [0.717, 1.165) is 11.4 Å². The molecule has 0 aliphatic carbocycles. The van der Waals surface area contributed by atoms with Gasteiger partial charge in [0.25, 0.3) is 5.91 Å². The Morgan fingerprint density at radius 2 is 1.45 bits per heavy atom. The number of carbonyl (C=O) groups excluding carboxylic acids is 1. The molecule has 2 aliphatic rings. The van der Waals surface area contributed by atoms with Gasteiger partial charge in [-0.05, 0) is 42.5 Å². The maximum atomic E-state index is 12.4. The summed E-state index contributed by atoms with van der Waals surface area (Å²) in [5, 5.41) is 14.0. The Hall–Kier alpha value is -4.01. The van der Waals surface area contributed by atoms with Crippen LogP contribution in [0.25, 0.3) is 0 Å². The fourth-order valence-electron chi connectivity index (χ4n) is 2.96. The quantitative estimate of drug-likeness (QED) is 0.698. The average Bonchev–Trinajstić information content (AvgIpc) is 3.23. The van der Waals surface area contributed by atoms with Gasteiger partial charge in [-0.1, -0.05) is 0 Å². The van der Waals surface area contributed by atoms with Gasteiger partial charge in [-0.25, -0.2) is 0 Å². The van der Waals surface area contributed by atoms with Crippen LogP contribution >= 0.6 is 0 Å². The van der Waals surface area contributed by atoms with Crippen LogP contribution in [0.4, 0.5) is 17.3 Å². The van der Waals surface area contributed by atoms with Crippen molar-refractivity contribution in [1.29, 1.82) is 0 Å². The van der Waals surface area contributed by atoms with E-state index in [0.29, 0.717) is 47.7 Å². The molecule has 9 nitrogen and oxygen atoms in total. The molecule has 29 heavy (non-hydrogen) atoms. The maximum absolute atomic E-state index is 12.4. The highest BCUT2D eigenvalue weighted by Gasteiger charge is 2.17. The molecule has 9 heteroatoms. The molecule has 0 unspecified atom stereocenters. The van der Waals surface area contributed by atoms with E-state index in [2.05, 4.69) is 20.8 Å². The Bertz CT molecular complexity index is 1070. The first-order valence-corrected chi connectivity index (χ1v) is 8.96. The predicted octanol–water partition coefficient (Wildman–Crippen LogP) is 2.97. The van der Waals surface area contributed by atoms with Crippen LogP contribution in [0.1, 0.15) is 10.4 Å². The van der Waals surface area contributed by atoms with Gasteiger partial charge in [-0.15, -0.1) is 10.2 Å². The zero-order chi connectivity index (χ0) is 19.6. The molecule has 5 rings (SSSR count). The van der Waals surface area contributed by atoms with Crippen LogP contribution < -0.4 is 29.6 Å². The largest absolute Gasteiger partial charge is 0.486 e. The van der Waals surface area contributed by atoms with Crippen molar-refractivity contribution in [3.8, 4) is 23.0 Å². The zero-order valence-electron chi connectivity index (χ0n) is 15.2. The van der Waals surface area contributed by atoms with Gasteiger partial charge in [-0.3, -0.25) is 4.79 Å². The van der Waals surface area contributed by atoms with E-state index in [1.165, 1.54) is 0 Å². The van der Waals surface area contributed by atoms with Crippen molar-refractivity contribution in [3.05, 3.63) is 54.1 Å². The smallest absolute Gasteiger partial charge is 0.257 e. The summed E-state index contributed by atoms with van der Waals surface area (Å²) in [6, 6.07) is 13.9. The normalized spacial score (nSPS) is 13.7. The molecule has 2 aromatic carbocycles. The number of hydrogen-bond donors (Lipinski definition) is 2. The summed E-state index contributed by atoms with van der Waals surface area (Å²) >= 11 is 0. The van der Waals surface area contributed by atoms with Crippen LogP contribution in [0.5, 0.6) is 23.0 Å². The molecule has 0 saturated carbocycles. The van der Waals surface area contributed by atoms with E-state index in [1.54, 1.807) is 30.3 Å². The SMILES string of the molecule is O=C(Nc1ccc(Nc2ccc3c(c2)OCCO3)nn1)c1ccc2c(c1)OCO2. The van der Waals surface area contributed by atoms with Crippen LogP contribution in [0.3, 0.4) is 0 Å². The Labute approximate surface area is 165 Å². The molecule has 0 spiro atoms. The number of ether oxygens (including phenoxy) is 4. The number of benzene rings is 2. The molecule has 1 aromatic heterocycles. The lowest BCUT2D eigenvalue weighted by Crippen LogP contribution is -2.15. The summed E-state index contributed by atoms with van der Waals surface area (Å²) in [4.78, 5) is 12.4. The van der Waals surface area contributed by atoms with Gasteiger partial charge in [0.15, 0.2) is 34.6 Å². The summed E-state index contributed by atoms with van der Waals surface area (Å²) in [6.07, 6.45) is 0. The molecule has 0 fully saturated rings. The predicted molar refractivity (Wildman–Crippen MR) is 103 cm³/mol. The second-order valence-electron chi connectivity index (χ2n) is 6.31. The van der Waals surface area contributed by atoms with Gasteiger partial charge < -0.3 is 29.6 Å². The van der Waals surface area contributed by atoms with Crippen LogP contribution in [-0.2, 0) is 0 Å². The topological polar surface area (TPSA) is 104 Å². The Kier molecular flexibility index (Phi) is 4.24. The van der Waals surface area contributed by atoms with Crippen molar-refractivity contribution >= 4 is 23.2 Å². The monoisotopic (exact) mass is 392 g/mol. The van der Waals surface area contributed by atoms with E-state index in [9.17, 15) is 4.79 Å². The molecule has 0 bridgehead atoms. The number of aromatic nitrogens is 2. The fourth-order valence-corrected chi connectivity index (χ4v) is 2.96. The van der Waals surface area contributed by atoms with E-state index in [-0.39, 0.29) is 12.7 Å². The van der Waals surface area contributed by atoms with Crippen molar-refractivity contribution in [2.24, 2.45) is 0 Å². The summed E-state index contributed by atoms with van der Waals surface area (Å²) in [7, 11) is 0. The number of anilines is 3. The minimum absolute atomic E-state index is 0.156. The Morgan fingerprint density at radius 3 is 2.31 bits per heavy atom. The van der Waals surface area contributed by atoms with Gasteiger partial charge in [0.2, 0.25) is 6.79 Å². The van der Waals surface area contributed by atoms with E-state index < -0.39 is 0 Å². The van der Waals surface area contributed by atoms with Gasteiger partial charge in [0.1, 0.15) is 13.2 Å². The standard InChI is InChI=1S/C20H16N4O5/c25-20(12-1-3-15-16(9-12)29-11-28-15)22-19-6-5-18(23-24-19)21-13-2-4-14-17(10-13)27-8-7-26-14/h1-6,9-10H,7-8,11H2,(H,21,23)(H,22,24,25). The number of carbonyl (C=O) groups is 1. The summed E-state index contributed by atoms with van der Waals surface area (Å²) < 4.78 is 21.6. The molecule has 0 radical (unpaired) electrons. The van der Waals surface area contributed by atoms with Crippen molar-refractivity contribution in [1.82, 2.24) is 10.2 Å². The lowest BCUT2D eigenvalue weighted by Gasteiger charge is -2.19. The van der Waals surface area contributed by atoms with Crippen LogP contribution in [-0.4, -0.2) is 36.1 Å². The lowest BCUT2D eigenvalue weighted by molar-refractivity contribution is 0.102. The van der Waals surface area contributed by atoms with Crippen LogP contribution in [0.15, 0.2) is 48.5 Å². The first-order chi connectivity index (χ1) is 14.2. The van der Waals surface area contributed by atoms with E-state index >= 15 is 0 Å². The minimum Gasteiger partial charge on any atom is -0.486 e. The molecule has 2 aliphatic heterocycles. The molecular formula is C20H16N4O5. The number of amides is 1. The minimum atomic E-state index is -0.315. The maximum Gasteiger partial charge on any atom is 0.257 e. The number of fused-ring (bicyclic) bond motifs is 2. The van der Waals surface area contributed by atoms with Gasteiger partial charge in [0, 0.05) is 17.3 Å². The molecule has 0 atom stereocenters. The van der Waals surface area contributed by atoms with Gasteiger partial charge in [0.05, 0.1) is 0 Å². The highest BCUT2D eigenvalue weighted by molar-refractivity contribution is 6.04. The fraction of sp³-hybridized carbons (Fsp3) is 0.150. The summed E-state index contributed by atoms with van der Waals surface area (Å²) in [6.45, 7) is 1.22. The van der Waals surface area contributed by atoms with Gasteiger partial charge >= 0.3 is 0 Å². The first-order valence-electron chi connectivity index (χ1n) is 8.96. The van der Waals surface area contributed by atoms with Crippen molar-refractivity contribution in [2.45, 2.75) is 0 Å². The number of nitrogens with one attached hydrogen (secondary N) is 2. The number of nitrogens with zero attached hydrogens (tertiary/aromatic N) is 2. The van der Waals surface area contributed by atoms with E-state index in [4.69, 9.17) is 18.9 Å². The number of rotatable bonds is 4. The van der Waals surface area contributed by atoms with E-state index in [1.807, 2.05) is 18.2 Å². The first kappa shape index (κ1) is 17.1. The summed E-state index contributed by atoms with van der Waals surface area (Å²) in [5.41, 5.74) is 1.23. The van der Waals surface area contributed by atoms with Crippen molar-refractivity contribution in [2.75, 3.05) is 30.6 Å². The molecule has 1 amide bonds. The third-order valence-corrected chi connectivity index (χ3v) is 4.36. The third kappa shape index (κ3) is 3.57. The van der Waals surface area contributed by atoms with Crippen LogP contribution in [0.2, 0.25) is 0 Å². The molecule has 3 heterocycles. The Morgan fingerprint density at radius 1 is 0.759 bits per heavy atom. The average molecular weight is 392 g/mol. The third-order valence-electron chi connectivity index (χ3n) is 4.36. The highest BCUT2D eigenvalue weighted by Crippen LogP contribution is 2.34. The van der Waals surface area contributed by atoms with Crippen molar-refractivity contribution < 1.29 is 23.7 Å². The Balaban J connectivity index is 1.25. The second kappa shape index (κ2) is 7.19.